The third-order valence-electron chi connectivity index (χ3n) is 5.08. The van der Waals surface area contributed by atoms with Gasteiger partial charge < -0.3 is 10.1 Å². The molecule has 0 spiro atoms. The van der Waals surface area contributed by atoms with E-state index in [9.17, 15) is 9.59 Å². The summed E-state index contributed by atoms with van der Waals surface area (Å²) in [6.07, 6.45) is 3.34. The van der Waals surface area contributed by atoms with Crippen molar-refractivity contribution >= 4 is 34.9 Å². The molecule has 27 heavy (non-hydrogen) atoms. The number of esters is 1. The zero-order valence-corrected chi connectivity index (χ0v) is 18.5. The number of ether oxygens (including phenoxy) is 1. The lowest BCUT2D eigenvalue weighted by Gasteiger charge is -2.39. The summed E-state index contributed by atoms with van der Waals surface area (Å²) >= 11 is 3.38. The van der Waals surface area contributed by atoms with Gasteiger partial charge in [-0.25, -0.2) is 4.79 Å². The van der Waals surface area contributed by atoms with E-state index in [1.54, 1.807) is 30.0 Å². The van der Waals surface area contributed by atoms with E-state index in [-0.39, 0.29) is 23.1 Å². The fourth-order valence-electron chi connectivity index (χ4n) is 4.10. The van der Waals surface area contributed by atoms with Crippen molar-refractivity contribution in [3.05, 3.63) is 39.0 Å². The second-order valence-corrected chi connectivity index (χ2v) is 10.3. The molecule has 0 saturated carbocycles. The SMILES string of the molecule is CCOC(=O)C1=C(C)NC2=C(C(=O)CC(C)(C)C2)C1c1cc(C)sc1SC. The Hall–Kier alpha value is -1.53. The Bertz CT molecular complexity index is 861. The van der Waals surface area contributed by atoms with Crippen LogP contribution in [0.4, 0.5) is 0 Å². The second-order valence-electron chi connectivity index (χ2n) is 7.95. The van der Waals surface area contributed by atoms with E-state index in [0.29, 0.717) is 18.6 Å². The van der Waals surface area contributed by atoms with Crippen molar-refractivity contribution in [3.8, 4) is 0 Å². The van der Waals surface area contributed by atoms with E-state index in [0.717, 1.165) is 33.2 Å². The summed E-state index contributed by atoms with van der Waals surface area (Å²) in [5, 5.41) is 3.37. The third kappa shape index (κ3) is 3.74. The number of Topliss-reactive ketones (excluding diaryl/α,β-unsaturated/α-hetero) is 1. The van der Waals surface area contributed by atoms with Crippen molar-refractivity contribution in [2.75, 3.05) is 12.9 Å². The molecule has 1 atom stereocenters. The predicted octanol–water partition coefficient (Wildman–Crippen LogP) is 4.95. The van der Waals surface area contributed by atoms with Gasteiger partial charge in [-0.15, -0.1) is 23.1 Å². The molecule has 2 aliphatic rings. The number of nitrogens with one attached hydrogen (secondary N) is 1. The molecule has 1 unspecified atom stereocenters. The largest absolute Gasteiger partial charge is 0.463 e. The molecular formula is C21H27NO3S2. The van der Waals surface area contributed by atoms with Crippen molar-refractivity contribution in [1.82, 2.24) is 5.32 Å². The van der Waals surface area contributed by atoms with Crippen LogP contribution in [0.15, 0.2) is 32.8 Å². The fourth-order valence-corrected chi connectivity index (χ4v) is 6.01. The summed E-state index contributed by atoms with van der Waals surface area (Å²) in [5.41, 5.74) is 4.03. The Morgan fingerprint density at radius 3 is 2.70 bits per heavy atom. The number of thioether (sulfide) groups is 1. The molecule has 146 valence electrons. The van der Waals surface area contributed by atoms with Gasteiger partial charge in [0.2, 0.25) is 0 Å². The molecule has 0 bridgehead atoms. The highest BCUT2D eigenvalue weighted by atomic mass is 32.2. The highest BCUT2D eigenvalue weighted by Gasteiger charge is 2.44. The van der Waals surface area contributed by atoms with E-state index in [4.69, 9.17) is 4.74 Å². The number of carbonyl (C=O) groups excluding carboxylic acids is 2. The van der Waals surface area contributed by atoms with Crippen LogP contribution in [-0.2, 0) is 14.3 Å². The predicted molar refractivity (Wildman–Crippen MR) is 111 cm³/mol. The van der Waals surface area contributed by atoms with Crippen molar-refractivity contribution in [3.63, 3.8) is 0 Å². The van der Waals surface area contributed by atoms with Crippen LogP contribution in [0.25, 0.3) is 0 Å². The van der Waals surface area contributed by atoms with Crippen LogP contribution < -0.4 is 5.32 Å². The van der Waals surface area contributed by atoms with Gasteiger partial charge in [0.25, 0.3) is 0 Å². The third-order valence-corrected chi connectivity index (χ3v) is 7.30. The molecule has 0 aromatic carbocycles. The maximum Gasteiger partial charge on any atom is 0.336 e. The Kier molecular flexibility index (Phi) is 5.59. The quantitative estimate of drug-likeness (QED) is 0.568. The van der Waals surface area contributed by atoms with Gasteiger partial charge in [0.15, 0.2) is 5.78 Å². The lowest BCUT2D eigenvalue weighted by atomic mass is 9.69. The first kappa shape index (κ1) is 20.2. The highest BCUT2D eigenvalue weighted by molar-refractivity contribution is 8.00. The molecule has 1 aliphatic heterocycles. The maximum atomic E-state index is 13.2. The number of carbonyl (C=O) groups is 2. The van der Waals surface area contributed by atoms with Crippen LogP contribution in [0.5, 0.6) is 0 Å². The van der Waals surface area contributed by atoms with Crippen LogP contribution >= 0.6 is 23.1 Å². The number of ketones is 1. The highest BCUT2D eigenvalue weighted by Crippen LogP contribution is 2.49. The minimum absolute atomic E-state index is 0.0813. The average Bonchev–Trinajstić information content (AvgIpc) is 2.93. The molecule has 1 aromatic rings. The molecule has 3 rings (SSSR count). The summed E-state index contributed by atoms with van der Waals surface area (Å²) < 4.78 is 6.52. The molecule has 0 radical (unpaired) electrons. The van der Waals surface area contributed by atoms with Crippen LogP contribution in [-0.4, -0.2) is 24.6 Å². The molecule has 4 nitrogen and oxygen atoms in total. The lowest BCUT2D eigenvalue weighted by molar-refractivity contribution is -0.138. The number of aryl methyl sites for hydroxylation is 1. The molecule has 1 N–H and O–H groups in total. The van der Waals surface area contributed by atoms with Gasteiger partial charge in [-0.1, -0.05) is 13.8 Å². The smallest absolute Gasteiger partial charge is 0.336 e. The maximum absolute atomic E-state index is 13.2. The summed E-state index contributed by atoms with van der Waals surface area (Å²) in [5.74, 6) is -0.562. The van der Waals surface area contributed by atoms with Crippen LogP contribution in [0.3, 0.4) is 0 Å². The molecule has 2 heterocycles. The zero-order chi connectivity index (χ0) is 19.9. The first-order valence-corrected chi connectivity index (χ1v) is 11.3. The molecule has 0 amide bonds. The van der Waals surface area contributed by atoms with Gasteiger partial charge >= 0.3 is 5.97 Å². The van der Waals surface area contributed by atoms with Crippen LogP contribution in [0.1, 0.15) is 56.9 Å². The van der Waals surface area contributed by atoms with E-state index >= 15 is 0 Å². The standard InChI is InChI=1S/C21H27NO3S2/c1-7-25-19(24)16-12(3)22-14-9-21(4,5)10-15(23)18(14)17(16)13-8-11(2)27-20(13)26-6/h8,17,22H,7,9-10H2,1-6H3. The summed E-state index contributed by atoms with van der Waals surface area (Å²) in [6, 6.07) is 2.12. The van der Waals surface area contributed by atoms with Gasteiger partial charge in [0.05, 0.1) is 22.3 Å². The number of allylic oxidation sites excluding steroid dienone is 3. The van der Waals surface area contributed by atoms with E-state index in [1.165, 1.54) is 4.88 Å². The first-order valence-electron chi connectivity index (χ1n) is 9.24. The van der Waals surface area contributed by atoms with Crippen LogP contribution in [0.2, 0.25) is 0 Å². The van der Waals surface area contributed by atoms with E-state index in [2.05, 4.69) is 32.2 Å². The Labute approximate surface area is 169 Å². The number of thiophene rings is 1. The Morgan fingerprint density at radius 1 is 1.37 bits per heavy atom. The van der Waals surface area contributed by atoms with E-state index in [1.807, 2.05) is 13.2 Å². The second kappa shape index (κ2) is 7.47. The van der Waals surface area contributed by atoms with Gasteiger partial charge in [0.1, 0.15) is 0 Å². The minimum Gasteiger partial charge on any atom is -0.463 e. The lowest BCUT2D eigenvalue weighted by Crippen LogP contribution is -2.38. The Balaban J connectivity index is 2.22. The van der Waals surface area contributed by atoms with Gasteiger partial charge in [-0.3, -0.25) is 4.79 Å². The molecule has 1 aromatic heterocycles. The summed E-state index contributed by atoms with van der Waals surface area (Å²) in [6.45, 7) is 10.3. The minimum atomic E-state index is -0.351. The molecule has 0 saturated heterocycles. The monoisotopic (exact) mass is 405 g/mol. The van der Waals surface area contributed by atoms with Gasteiger partial charge in [-0.2, -0.15) is 0 Å². The first-order chi connectivity index (χ1) is 12.7. The topological polar surface area (TPSA) is 55.4 Å². The van der Waals surface area contributed by atoms with Gasteiger partial charge in [0, 0.05) is 28.3 Å². The van der Waals surface area contributed by atoms with Crippen LogP contribution in [0, 0.1) is 12.3 Å². The number of hydrogen-bond acceptors (Lipinski definition) is 6. The van der Waals surface area contributed by atoms with Gasteiger partial charge in [-0.05, 0) is 50.5 Å². The van der Waals surface area contributed by atoms with Crippen molar-refractivity contribution in [2.45, 2.75) is 57.6 Å². The number of rotatable bonds is 4. The molecule has 1 aliphatic carbocycles. The molecular weight excluding hydrogens is 378 g/mol. The zero-order valence-electron chi connectivity index (χ0n) is 16.8. The van der Waals surface area contributed by atoms with Crippen molar-refractivity contribution < 1.29 is 14.3 Å². The fraction of sp³-hybridized carbons (Fsp3) is 0.524. The number of hydrogen-bond donors (Lipinski definition) is 1. The summed E-state index contributed by atoms with van der Waals surface area (Å²) in [7, 11) is 0. The average molecular weight is 406 g/mol. The Morgan fingerprint density at radius 2 is 2.07 bits per heavy atom. The normalized spacial score (nSPS) is 21.9. The van der Waals surface area contributed by atoms with Crippen molar-refractivity contribution in [2.24, 2.45) is 5.41 Å². The number of dihydropyridines is 1. The summed E-state index contributed by atoms with van der Waals surface area (Å²) in [4.78, 5) is 27.2. The molecule has 0 fully saturated rings. The van der Waals surface area contributed by atoms with Crippen molar-refractivity contribution in [1.29, 1.82) is 0 Å². The molecule has 6 heteroatoms. The van der Waals surface area contributed by atoms with E-state index < -0.39 is 0 Å².